The Morgan fingerprint density at radius 1 is 1.29 bits per heavy atom. The molecule has 3 fully saturated rings. The number of aromatic nitrogens is 1. The third-order valence-corrected chi connectivity index (χ3v) is 5.71. The van der Waals surface area contributed by atoms with Crippen molar-refractivity contribution in [2.24, 2.45) is 17.8 Å². The molecule has 1 aliphatic carbocycles. The highest BCUT2D eigenvalue weighted by Gasteiger charge is 2.41. The minimum Gasteiger partial charge on any atom is -0.377 e. The van der Waals surface area contributed by atoms with Crippen LogP contribution in [0.1, 0.15) is 31.2 Å². The van der Waals surface area contributed by atoms with Gasteiger partial charge in [0.05, 0.1) is 19.1 Å². The number of carbonyl (C=O) groups excluding carboxylic acids is 1. The zero-order valence-corrected chi connectivity index (χ0v) is 14.2. The molecule has 3 aliphatic rings. The van der Waals surface area contributed by atoms with Crippen molar-refractivity contribution in [3.05, 3.63) is 30.1 Å². The van der Waals surface area contributed by atoms with E-state index in [0.29, 0.717) is 18.3 Å². The molecule has 2 saturated heterocycles. The molecule has 0 spiro atoms. The van der Waals surface area contributed by atoms with Gasteiger partial charge in [-0.1, -0.05) is 0 Å². The fraction of sp³-hybridized carbons (Fsp3) is 0.684. The van der Waals surface area contributed by atoms with Crippen LogP contribution < -0.4 is 5.32 Å². The molecule has 1 amide bonds. The highest BCUT2D eigenvalue weighted by molar-refractivity contribution is 5.76. The van der Waals surface area contributed by atoms with Crippen molar-refractivity contribution in [2.75, 3.05) is 26.2 Å². The lowest BCUT2D eigenvalue weighted by molar-refractivity contribution is -0.123. The Labute approximate surface area is 143 Å². The Balaban J connectivity index is 1.25. The normalized spacial score (nSPS) is 30.1. The van der Waals surface area contributed by atoms with E-state index in [9.17, 15) is 4.79 Å². The highest BCUT2D eigenvalue weighted by atomic mass is 16.5. The number of nitrogens with zero attached hydrogens (tertiary/aromatic N) is 2. The molecule has 3 atom stereocenters. The molecule has 1 saturated carbocycles. The minimum atomic E-state index is 0.122. The number of piperidine rings is 1. The van der Waals surface area contributed by atoms with Crippen molar-refractivity contribution >= 4 is 5.91 Å². The van der Waals surface area contributed by atoms with E-state index in [1.807, 2.05) is 12.4 Å². The predicted octanol–water partition coefficient (Wildman–Crippen LogP) is 1.83. The van der Waals surface area contributed by atoms with Gasteiger partial charge in [0.2, 0.25) is 5.91 Å². The highest BCUT2D eigenvalue weighted by Crippen LogP contribution is 2.36. The molecule has 1 aromatic rings. The summed E-state index contributed by atoms with van der Waals surface area (Å²) >= 11 is 0. The largest absolute Gasteiger partial charge is 0.377 e. The second kappa shape index (κ2) is 7.19. The first kappa shape index (κ1) is 16.0. The van der Waals surface area contributed by atoms with Crippen LogP contribution in [-0.2, 0) is 16.1 Å². The quantitative estimate of drug-likeness (QED) is 0.865. The van der Waals surface area contributed by atoms with Crippen molar-refractivity contribution in [1.29, 1.82) is 0 Å². The van der Waals surface area contributed by atoms with Crippen LogP contribution in [0.4, 0.5) is 0 Å². The molecular formula is C19H27N3O2. The molecule has 0 aromatic carbocycles. The average molecular weight is 329 g/mol. The maximum absolute atomic E-state index is 12.1. The summed E-state index contributed by atoms with van der Waals surface area (Å²) in [5.41, 5.74) is 1.32. The topological polar surface area (TPSA) is 54.5 Å². The molecule has 1 aromatic heterocycles. The molecule has 0 bridgehead atoms. The molecule has 4 rings (SSSR count). The molecule has 2 aliphatic heterocycles. The van der Waals surface area contributed by atoms with Crippen LogP contribution in [0.3, 0.4) is 0 Å². The van der Waals surface area contributed by atoms with Gasteiger partial charge in [0.1, 0.15) is 0 Å². The lowest BCUT2D eigenvalue weighted by atomic mass is 9.83. The Hall–Kier alpha value is -1.46. The van der Waals surface area contributed by atoms with E-state index < -0.39 is 0 Å². The van der Waals surface area contributed by atoms with Gasteiger partial charge in [0.15, 0.2) is 0 Å². The van der Waals surface area contributed by atoms with Gasteiger partial charge in [0, 0.05) is 37.9 Å². The number of hydrogen-bond donors (Lipinski definition) is 1. The number of hydrogen-bond acceptors (Lipinski definition) is 4. The summed E-state index contributed by atoms with van der Waals surface area (Å²) in [6, 6.07) is 4.18. The number of rotatable bonds is 6. The lowest BCUT2D eigenvalue weighted by Gasteiger charge is -2.35. The first-order valence-electron chi connectivity index (χ1n) is 9.27. The van der Waals surface area contributed by atoms with Crippen LogP contribution in [0, 0.1) is 17.8 Å². The fourth-order valence-electron chi connectivity index (χ4n) is 4.10. The van der Waals surface area contributed by atoms with Gasteiger partial charge in [0.25, 0.3) is 0 Å². The number of pyridine rings is 1. The molecule has 0 radical (unpaired) electrons. The third kappa shape index (κ3) is 3.95. The van der Waals surface area contributed by atoms with Crippen LogP contribution in [0.15, 0.2) is 24.5 Å². The van der Waals surface area contributed by atoms with Crippen LogP contribution in [-0.4, -0.2) is 48.1 Å². The average Bonchev–Trinajstić information content (AvgIpc) is 3.35. The maximum Gasteiger partial charge on any atom is 0.222 e. The van der Waals surface area contributed by atoms with E-state index in [-0.39, 0.29) is 12.0 Å². The van der Waals surface area contributed by atoms with Gasteiger partial charge < -0.3 is 10.1 Å². The number of likely N-dealkylation sites (tertiary alicyclic amines) is 1. The minimum absolute atomic E-state index is 0.122. The summed E-state index contributed by atoms with van der Waals surface area (Å²) in [5, 5.41) is 3.07. The molecule has 0 unspecified atom stereocenters. The predicted molar refractivity (Wildman–Crippen MR) is 91.2 cm³/mol. The van der Waals surface area contributed by atoms with E-state index in [1.54, 1.807) is 0 Å². The van der Waals surface area contributed by atoms with Gasteiger partial charge in [-0.3, -0.25) is 14.7 Å². The second-order valence-corrected chi connectivity index (χ2v) is 7.63. The number of amides is 1. The number of fused-ring (bicyclic) bond motifs is 1. The summed E-state index contributed by atoms with van der Waals surface area (Å²) in [5.74, 6) is 2.03. The van der Waals surface area contributed by atoms with E-state index in [0.717, 1.165) is 45.1 Å². The maximum atomic E-state index is 12.1. The van der Waals surface area contributed by atoms with E-state index in [2.05, 4.69) is 27.3 Å². The Bertz CT molecular complexity index is 561. The first-order valence-corrected chi connectivity index (χ1v) is 9.27. The molecule has 24 heavy (non-hydrogen) atoms. The SMILES string of the molecule is O=C(C[C@@H]1OC[C@@H]2CN(Cc3ccncc3)CC[C@@H]21)NCC1CC1. The molecule has 3 heterocycles. The fourth-order valence-corrected chi connectivity index (χ4v) is 4.10. The van der Waals surface area contributed by atoms with Crippen LogP contribution >= 0.6 is 0 Å². The van der Waals surface area contributed by atoms with E-state index in [4.69, 9.17) is 4.74 Å². The smallest absolute Gasteiger partial charge is 0.222 e. The lowest BCUT2D eigenvalue weighted by Crippen LogP contribution is -2.42. The molecule has 5 heteroatoms. The Morgan fingerprint density at radius 3 is 2.92 bits per heavy atom. The van der Waals surface area contributed by atoms with Crippen LogP contribution in [0.5, 0.6) is 0 Å². The zero-order valence-electron chi connectivity index (χ0n) is 14.2. The van der Waals surface area contributed by atoms with E-state index in [1.165, 1.54) is 18.4 Å². The Kier molecular flexibility index (Phi) is 4.81. The van der Waals surface area contributed by atoms with E-state index >= 15 is 0 Å². The van der Waals surface area contributed by atoms with Crippen molar-refractivity contribution in [2.45, 2.75) is 38.3 Å². The molecule has 130 valence electrons. The van der Waals surface area contributed by atoms with Crippen molar-refractivity contribution in [3.63, 3.8) is 0 Å². The monoisotopic (exact) mass is 329 g/mol. The van der Waals surface area contributed by atoms with Crippen LogP contribution in [0.25, 0.3) is 0 Å². The first-order chi connectivity index (χ1) is 11.8. The van der Waals surface area contributed by atoms with Crippen molar-refractivity contribution in [1.82, 2.24) is 15.2 Å². The summed E-state index contributed by atoms with van der Waals surface area (Å²) in [6.07, 6.45) is 8.07. The third-order valence-electron chi connectivity index (χ3n) is 5.71. The second-order valence-electron chi connectivity index (χ2n) is 7.63. The van der Waals surface area contributed by atoms with Gasteiger partial charge >= 0.3 is 0 Å². The number of nitrogens with one attached hydrogen (secondary N) is 1. The Morgan fingerprint density at radius 2 is 2.12 bits per heavy atom. The summed E-state index contributed by atoms with van der Waals surface area (Å²) < 4.78 is 5.99. The number of carbonyl (C=O) groups is 1. The van der Waals surface area contributed by atoms with Gasteiger partial charge in [-0.15, -0.1) is 0 Å². The number of ether oxygens (including phenoxy) is 1. The molecule has 1 N–H and O–H groups in total. The summed E-state index contributed by atoms with van der Waals surface area (Å²) in [7, 11) is 0. The van der Waals surface area contributed by atoms with Gasteiger partial charge in [-0.2, -0.15) is 0 Å². The summed E-state index contributed by atoms with van der Waals surface area (Å²) in [6.45, 7) is 4.82. The van der Waals surface area contributed by atoms with Crippen molar-refractivity contribution < 1.29 is 9.53 Å². The zero-order chi connectivity index (χ0) is 16.4. The molecule has 5 nitrogen and oxygen atoms in total. The molecular weight excluding hydrogens is 302 g/mol. The van der Waals surface area contributed by atoms with Gasteiger partial charge in [-0.05, 0) is 55.3 Å². The van der Waals surface area contributed by atoms with Crippen LogP contribution in [0.2, 0.25) is 0 Å². The van der Waals surface area contributed by atoms with Crippen molar-refractivity contribution in [3.8, 4) is 0 Å². The standard InChI is InChI=1S/C19H27N3O2/c23-19(21-10-14-1-2-14)9-18-17-5-8-22(12-16(17)13-24-18)11-15-3-6-20-7-4-15/h3-4,6-7,14,16-18H,1-2,5,8-13H2,(H,21,23)/t16-,17-,18-/m0/s1. The van der Waals surface area contributed by atoms with Gasteiger partial charge in [-0.25, -0.2) is 0 Å². The summed E-state index contributed by atoms with van der Waals surface area (Å²) in [4.78, 5) is 18.7.